The summed E-state index contributed by atoms with van der Waals surface area (Å²) in [4.78, 5) is 14.5. The summed E-state index contributed by atoms with van der Waals surface area (Å²) in [6.07, 6.45) is 0. The molecule has 8 aromatic carbocycles. The summed E-state index contributed by atoms with van der Waals surface area (Å²) in [5.74, 6) is 1.41. The van der Waals surface area contributed by atoms with Crippen LogP contribution in [-0.4, -0.2) is 19.5 Å². The fourth-order valence-electron chi connectivity index (χ4n) is 7.29. The molecule has 0 saturated heterocycles. The van der Waals surface area contributed by atoms with E-state index >= 15 is 0 Å². The molecule has 6 heteroatoms. The molecule has 57 heavy (non-hydrogen) atoms. The molecule has 12 aromatic rings. The first-order chi connectivity index (χ1) is 34.1. The first kappa shape index (κ1) is 20.7. The Kier molecular flexibility index (Phi) is 4.49. The van der Waals surface area contributed by atoms with Crippen LogP contribution in [0.2, 0.25) is 0 Å². The zero-order valence-electron chi connectivity index (χ0n) is 43.3. The minimum absolute atomic E-state index is 0.000247. The van der Waals surface area contributed by atoms with Crippen LogP contribution in [0, 0.1) is 0 Å². The third-order valence-electron chi connectivity index (χ3n) is 9.97. The van der Waals surface area contributed by atoms with Crippen LogP contribution in [0.4, 0.5) is 0 Å². The van der Waals surface area contributed by atoms with Gasteiger partial charge < -0.3 is 13.4 Å². The van der Waals surface area contributed by atoms with Gasteiger partial charge in [-0.3, -0.25) is 0 Å². The summed E-state index contributed by atoms with van der Waals surface area (Å²) in [5.41, 5.74) is 1.81. The van der Waals surface area contributed by atoms with Crippen molar-refractivity contribution in [3.63, 3.8) is 0 Å². The number of aromatic nitrogens is 4. The van der Waals surface area contributed by atoms with E-state index in [2.05, 4.69) is 0 Å². The molecule has 0 spiro atoms. The smallest absolute Gasteiger partial charge is 0.164 e. The van der Waals surface area contributed by atoms with Gasteiger partial charge in [-0.15, -0.1) is 0 Å². The molecule has 0 atom stereocenters. The van der Waals surface area contributed by atoms with Gasteiger partial charge in [-0.2, -0.15) is 0 Å². The molecule has 12 rings (SSSR count). The largest absolute Gasteiger partial charge is 0.456 e. The van der Waals surface area contributed by atoms with Gasteiger partial charge in [0.25, 0.3) is 0 Å². The van der Waals surface area contributed by atoms with Crippen molar-refractivity contribution in [2.75, 3.05) is 0 Å². The number of fused-ring (bicyclic) bond motifs is 9. The molecular weight excluding hydrogens is 701 g/mol. The fourth-order valence-corrected chi connectivity index (χ4v) is 7.29. The van der Waals surface area contributed by atoms with E-state index in [0.29, 0.717) is 50.5 Å². The third-order valence-corrected chi connectivity index (χ3v) is 9.97. The molecule has 0 saturated carbocycles. The second kappa shape index (κ2) is 12.3. The van der Waals surface area contributed by atoms with Gasteiger partial charge in [0.2, 0.25) is 0 Å². The standard InChI is InChI=1S/C51H30N4O2/c1-3-11-31(12-4-1)49-52-50(32-13-5-2-6-14-32)54-51(53-49)35-20-24-41-42-27-33(21-26-45(42)56-47(41)29-35)34-19-23-39-40-25-22-36(30-48(40)57-46(39)28-34)55-43-17-9-7-15-37(43)38-16-8-10-18-44(38)55/h1-30H/i7D,8D,9D,10D,15D,16D,17D,18D,19D,22D,23D,25D,28D,30D. The lowest BCUT2D eigenvalue weighted by Gasteiger charge is -2.08. The van der Waals surface area contributed by atoms with E-state index in [1.54, 1.807) is 18.2 Å². The summed E-state index contributed by atoms with van der Waals surface area (Å²) in [6.45, 7) is 0. The highest BCUT2D eigenvalue weighted by Gasteiger charge is 2.17. The Morgan fingerprint density at radius 3 is 1.65 bits per heavy atom. The van der Waals surface area contributed by atoms with Crippen molar-refractivity contribution in [1.82, 2.24) is 19.5 Å². The van der Waals surface area contributed by atoms with Gasteiger partial charge in [-0.1, -0.05) is 115 Å². The lowest BCUT2D eigenvalue weighted by atomic mass is 10.0. The Morgan fingerprint density at radius 1 is 0.386 bits per heavy atom. The summed E-state index contributed by atoms with van der Waals surface area (Å²) in [6, 6.07) is 21.4. The molecular formula is C51H30N4O2. The van der Waals surface area contributed by atoms with Crippen LogP contribution in [-0.2, 0) is 0 Å². The third kappa shape index (κ3) is 5.08. The topological polar surface area (TPSA) is 69.9 Å². The lowest BCUT2D eigenvalue weighted by Crippen LogP contribution is -2.00. The predicted molar refractivity (Wildman–Crippen MR) is 230 cm³/mol. The Bertz CT molecular complexity index is 4210. The highest BCUT2D eigenvalue weighted by molar-refractivity contribution is 6.11. The quantitative estimate of drug-likeness (QED) is 0.175. The number of hydrogen-bond acceptors (Lipinski definition) is 5. The molecule has 4 heterocycles. The van der Waals surface area contributed by atoms with Crippen LogP contribution in [0.1, 0.15) is 19.2 Å². The molecule has 6 nitrogen and oxygen atoms in total. The van der Waals surface area contributed by atoms with Crippen molar-refractivity contribution in [2.45, 2.75) is 0 Å². The predicted octanol–water partition coefficient (Wildman–Crippen LogP) is 13.4. The van der Waals surface area contributed by atoms with E-state index in [4.69, 9.17) is 34.8 Å². The number of furan rings is 2. The van der Waals surface area contributed by atoms with Crippen LogP contribution in [0.3, 0.4) is 0 Å². The zero-order chi connectivity index (χ0) is 49.6. The molecule has 266 valence electrons. The monoisotopic (exact) mass is 744 g/mol. The average molecular weight is 745 g/mol. The number of hydrogen-bond donors (Lipinski definition) is 0. The maximum absolute atomic E-state index is 9.52. The van der Waals surface area contributed by atoms with Crippen LogP contribution in [0.25, 0.3) is 117 Å². The van der Waals surface area contributed by atoms with Gasteiger partial charge in [0.15, 0.2) is 17.5 Å². The van der Waals surface area contributed by atoms with E-state index in [1.807, 2.05) is 78.9 Å². The van der Waals surface area contributed by atoms with Crippen molar-refractivity contribution in [1.29, 1.82) is 0 Å². The van der Waals surface area contributed by atoms with Crippen LogP contribution < -0.4 is 0 Å². The molecule has 0 radical (unpaired) electrons. The van der Waals surface area contributed by atoms with Crippen molar-refractivity contribution in [3.8, 4) is 51.0 Å². The van der Waals surface area contributed by atoms with E-state index in [0.717, 1.165) is 15.7 Å². The van der Waals surface area contributed by atoms with Crippen molar-refractivity contribution >= 4 is 65.7 Å². The molecule has 0 aliphatic heterocycles. The number of benzene rings is 8. The molecule has 0 N–H and O–H groups in total. The minimum atomic E-state index is -0.704. The molecule has 0 aliphatic carbocycles. The Balaban J connectivity index is 1.03. The molecule has 0 bridgehead atoms. The Labute approximate surface area is 345 Å². The summed E-state index contributed by atoms with van der Waals surface area (Å²) < 4.78 is 139. The summed E-state index contributed by atoms with van der Waals surface area (Å²) in [5, 5.41) is 0.386. The van der Waals surface area contributed by atoms with Gasteiger partial charge in [-0.25, -0.2) is 15.0 Å². The lowest BCUT2D eigenvalue weighted by molar-refractivity contribution is 0.669. The fraction of sp³-hybridized carbons (Fsp3) is 0. The Hall–Kier alpha value is -7.83. The molecule has 0 fully saturated rings. The first-order valence-corrected chi connectivity index (χ1v) is 17.9. The number of nitrogens with zero attached hydrogens (tertiary/aromatic N) is 4. The molecule has 0 aliphatic rings. The molecule has 4 aromatic heterocycles. The summed E-state index contributed by atoms with van der Waals surface area (Å²) in [7, 11) is 0. The highest BCUT2D eigenvalue weighted by atomic mass is 16.3. The SMILES string of the molecule is [2H]c1c(-c2ccc3oc4cc(-c5nc(-c6ccccc6)nc(-c6ccccc6)n5)ccc4c3c2)c([2H])c2oc3c([2H])c(-n4c5c([2H])c([2H])c([2H])c([2H])c5c5c([2H])c([2H])c([2H])c([2H])c54)c([2H])c([2H])c3c2c1[2H]. The minimum Gasteiger partial charge on any atom is -0.456 e. The van der Waals surface area contributed by atoms with Gasteiger partial charge in [0, 0.05) is 60.7 Å². The first-order valence-electron chi connectivity index (χ1n) is 24.9. The average Bonchev–Trinajstić information content (AvgIpc) is 4.09. The van der Waals surface area contributed by atoms with Crippen LogP contribution >= 0.6 is 0 Å². The number of rotatable bonds is 5. The van der Waals surface area contributed by atoms with E-state index in [1.165, 1.54) is 0 Å². The highest BCUT2D eigenvalue weighted by Crippen LogP contribution is 2.39. The maximum atomic E-state index is 9.52. The van der Waals surface area contributed by atoms with E-state index < -0.39 is 84.2 Å². The van der Waals surface area contributed by atoms with Crippen LogP contribution in [0.15, 0.2) is 190 Å². The maximum Gasteiger partial charge on any atom is 0.164 e. The second-order valence-corrected chi connectivity index (χ2v) is 13.3. The molecule has 0 amide bonds. The van der Waals surface area contributed by atoms with Gasteiger partial charge in [0.05, 0.1) is 30.2 Å². The normalized spacial score (nSPS) is 15.3. The second-order valence-electron chi connectivity index (χ2n) is 13.3. The van der Waals surface area contributed by atoms with E-state index in [-0.39, 0.29) is 55.4 Å². The van der Waals surface area contributed by atoms with Crippen molar-refractivity contribution in [2.24, 2.45) is 0 Å². The van der Waals surface area contributed by atoms with Gasteiger partial charge in [-0.05, 0) is 71.6 Å². The van der Waals surface area contributed by atoms with Crippen LogP contribution in [0.5, 0.6) is 0 Å². The van der Waals surface area contributed by atoms with E-state index in [9.17, 15) is 8.22 Å². The Morgan fingerprint density at radius 2 is 0.965 bits per heavy atom. The number of para-hydroxylation sites is 2. The zero-order valence-corrected chi connectivity index (χ0v) is 29.3. The van der Waals surface area contributed by atoms with Gasteiger partial charge in [0.1, 0.15) is 22.3 Å². The molecule has 0 unspecified atom stereocenters. The van der Waals surface area contributed by atoms with Gasteiger partial charge >= 0.3 is 0 Å². The van der Waals surface area contributed by atoms with Crippen molar-refractivity contribution in [3.05, 3.63) is 182 Å². The van der Waals surface area contributed by atoms with Crippen molar-refractivity contribution < 1.29 is 28.0 Å². The summed E-state index contributed by atoms with van der Waals surface area (Å²) >= 11 is 0.